The summed E-state index contributed by atoms with van der Waals surface area (Å²) < 4.78 is 2.56. The molecule has 2 aromatic heterocycles. The number of rotatable bonds is 4. The first-order valence-electron chi connectivity index (χ1n) is 10.9. The molecule has 5 nitrogen and oxygen atoms in total. The van der Waals surface area contributed by atoms with Crippen LogP contribution in [0.5, 0.6) is 0 Å². The highest BCUT2D eigenvalue weighted by Gasteiger charge is 2.45. The Morgan fingerprint density at radius 3 is 2.61 bits per heavy atom. The van der Waals surface area contributed by atoms with Gasteiger partial charge in [0.25, 0.3) is 0 Å². The number of aromatic nitrogens is 3. The van der Waals surface area contributed by atoms with Crippen molar-refractivity contribution in [2.45, 2.75) is 64.6 Å². The molecule has 0 bridgehead atoms. The number of piperidine rings is 1. The molecule has 0 unspecified atom stereocenters. The van der Waals surface area contributed by atoms with Crippen molar-refractivity contribution in [1.29, 1.82) is 0 Å². The molecule has 0 atom stereocenters. The van der Waals surface area contributed by atoms with Gasteiger partial charge >= 0.3 is 0 Å². The van der Waals surface area contributed by atoms with Crippen LogP contribution in [0.2, 0.25) is 0 Å². The van der Waals surface area contributed by atoms with Gasteiger partial charge in [0.1, 0.15) is 5.82 Å². The number of hydrogen-bond donors (Lipinski definition) is 0. The molecule has 0 aromatic carbocycles. The lowest BCUT2D eigenvalue weighted by molar-refractivity contribution is 0.0990. The van der Waals surface area contributed by atoms with Gasteiger partial charge in [0.2, 0.25) is 0 Å². The molecule has 2 aromatic rings. The number of nitrogens with zero attached hydrogens (tertiary/aromatic N) is 5. The van der Waals surface area contributed by atoms with E-state index in [0.717, 1.165) is 31.2 Å². The van der Waals surface area contributed by atoms with E-state index < -0.39 is 0 Å². The summed E-state index contributed by atoms with van der Waals surface area (Å²) in [5.74, 6) is 2.10. The van der Waals surface area contributed by atoms with Crippen LogP contribution < -0.4 is 0 Å². The molecule has 150 valence electrons. The summed E-state index contributed by atoms with van der Waals surface area (Å²) in [6.45, 7) is 10.9. The molecule has 2 fully saturated rings. The van der Waals surface area contributed by atoms with E-state index in [9.17, 15) is 0 Å². The van der Waals surface area contributed by atoms with Crippen LogP contribution in [0.15, 0.2) is 18.2 Å². The van der Waals surface area contributed by atoms with Gasteiger partial charge in [-0.05, 0) is 77.7 Å². The largest absolute Gasteiger partial charge is 0.331 e. The molecule has 0 N–H and O–H groups in total. The molecule has 1 saturated heterocycles. The third-order valence-electron chi connectivity index (χ3n) is 7.08. The minimum atomic E-state index is 0.212. The summed E-state index contributed by atoms with van der Waals surface area (Å²) in [5.41, 5.74) is 5.43. The smallest absolute Gasteiger partial charge is 0.106 e. The van der Waals surface area contributed by atoms with E-state index in [1.165, 1.54) is 68.2 Å². The van der Waals surface area contributed by atoms with Gasteiger partial charge in [-0.2, -0.15) is 0 Å². The van der Waals surface area contributed by atoms with Crippen LogP contribution in [-0.4, -0.2) is 51.0 Å². The second-order valence-electron chi connectivity index (χ2n) is 9.51. The normalized spacial score (nSPS) is 22.5. The van der Waals surface area contributed by atoms with Gasteiger partial charge in [0.05, 0.1) is 17.1 Å². The number of hydrogen-bond acceptors (Lipinski definition) is 4. The van der Waals surface area contributed by atoms with E-state index in [1.54, 1.807) is 0 Å². The Labute approximate surface area is 168 Å². The quantitative estimate of drug-likeness (QED) is 0.817. The summed E-state index contributed by atoms with van der Waals surface area (Å²) >= 11 is 0. The average Bonchev–Trinajstić information content (AvgIpc) is 3.43. The molecule has 28 heavy (non-hydrogen) atoms. The summed E-state index contributed by atoms with van der Waals surface area (Å²) in [6.07, 6.45) is 5.21. The monoisotopic (exact) mass is 379 g/mol. The summed E-state index contributed by atoms with van der Waals surface area (Å²) in [7, 11) is 2.25. The molecule has 0 radical (unpaired) electrons. The predicted molar refractivity (Wildman–Crippen MR) is 111 cm³/mol. The first-order valence-corrected chi connectivity index (χ1v) is 10.9. The topological polar surface area (TPSA) is 37.2 Å². The first kappa shape index (κ1) is 18.3. The second-order valence-corrected chi connectivity index (χ2v) is 9.51. The van der Waals surface area contributed by atoms with Crippen molar-refractivity contribution >= 4 is 0 Å². The number of imidazole rings is 1. The maximum Gasteiger partial charge on any atom is 0.106 e. The standard InChI is InChI=1S/C23H33N5/c1-17-5-4-6-20(24-17)14-27-15-21-22(23(16-27)9-11-26(3)12-10-23)25-18(2)28(21)13-19-7-8-19/h4-6,19H,7-16H2,1-3H3. The molecule has 5 rings (SSSR count). The van der Waals surface area contributed by atoms with E-state index in [2.05, 4.69) is 53.5 Å². The van der Waals surface area contributed by atoms with Crippen LogP contribution in [0, 0.1) is 19.8 Å². The van der Waals surface area contributed by atoms with Crippen molar-refractivity contribution in [3.63, 3.8) is 0 Å². The van der Waals surface area contributed by atoms with E-state index >= 15 is 0 Å². The van der Waals surface area contributed by atoms with Crippen LogP contribution in [0.25, 0.3) is 0 Å². The van der Waals surface area contributed by atoms with Gasteiger partial charge in [-0.1, -0.05) is 6.07 Å². The van der Waals surface area contributed by atoms with Crippen molar-refractivity contribution < 1.29 is 0 Å². The predicted octanol–water partition coefficient (Wildman–Crippen LogP) is 3.28. The Kier molecular flexibility index (Phi) is 4.55. The van der Waals surface area contributed by atoms with Crippen molar-refractivity contribution in [3.05, 3.63) is 46.8 Å². The lowest BCUT2D eigenvalue weighted by atomic mass is 9.72. The minimum Gasteiger partial charge on any atom is -0.331 e. The van der Waals surface area contributed by atoms with E-state index in [1.807, 2.05) is 0 Å². The fraction of sp³-hybridized carbons (Fsp3) is 0.652. The highest BCUT2D eigenvalue weighted by atomic mass is 15.2. The maximum atomic E-state index is 5.19. The molecule has 0 amide bonds. The van der Waals surface area contributed by atoms with E-state index in [0.29, 0.717) is 0 Å². The zero-order valence-electron chi connectivity index (χ0n) is 17.6. The Balaban J connectivity index is 1.49. The number of fused-ring (bicyclic) bond motifs is 2. The van der Waals surface area contributed by atoms with Crippen molar-refractivity contribution in [3.8, 4) is 0 Å². The van der Waals surface area contributed by atoms with Gasteiger partial charge in [-0.25, -0.2) is 4.98 Å². The molecular weight excluding hydrogens is 346 g/mol. The summed E-state index contributed by atoms with van der Waals surface area (Å²) in [4.78, 5) is 15.1. The van der Waals surface area contributed by atoms with Crippen LogP contribution in [0.4, 0.5) is 0 Å². The molecule has 3 aliphatic rings. The molecule has 2 aliphatic heterocycles. The van der Waals surface area contributed by atoms with Gasteiger partial charge in [-0.3, -0.25) is 9.88 Å². The van der Waals surface area contributed by atoms with Gasteiger partial charge in [0.15, 0.2) is 0 Å². The molecule has 5 heteroatoms. The fourth-order valence-corrected chi connectivity index (χ4v) is 5.24. The van der Waals surface area contributed by atoms with E-state index in [4.69, 9.17) is 9.97 Å². The molecule has 4 heterocycles. The van der Waals surface area contributed by atoms with Crippen molar-refractivity contribution in [2.75, 3.05) is 26.7 Å². The Bertz CT molecular complexity index is 858. The molecule has 1 spiro atoms. The van der Waals surface area contributed by atoms with Crippen molar-refractivity contribution in [2.24, 2.45) is 5.92 Å². The lowest BCUT2D eigenvalue weighted by Gasteiger charge is -2.46. The summed E-state index contributed by atoms with van der Waals surface area (Å²) in [5, 5.41) is 0. The Morgan fingerprint density at radius 2 is 1.89 bits per heavy atom. The number of pyridine rings is 1. The van der Waals surface area contributed by atoms with Crippen LogP contribution in [0.1, 0.15) is 54.3 Å². The zero-order valence-corrected chi connectivity index (χ0v) is 17.6. The third kappa shape index (κ3) is 3.39. The van der Waals surface area contributed by atoms with Crippen LogP contribution >= 0.6 is 0 Å². The van der Waals surface area contributed by atoms with Gasteiger partial charge < -0.3 is 9.47 Å². The van der Waals surface area contributed by atoms with Gasteiger partial charge in [0, 0.05) is 37.3 Å². The number of aryl methyl sites for hydroxylation is 2. The van der Waals surface area contributed by atoms with Crippen LogP contribution in [0.3, 0.4) is 0 Å². The SMILES string of the molecule is Cc1cccc(CN2Cc3c(nc(C)n3CC3CC3)C3(CCN(C)CC3)C2)n1. The van der Waals surface area contributed by atoms with Gasteiger partial charge in [-0.15, -0.1) is 0 Å². The van der Waals surface area contributed by atoms with Crippen LogP contribution in [-0.2, 0) is 25.0 Å². The highest BCUT2D eigenvalue weighted by molar-refractivity contribution is 5.31. The van der Waals surface area contributed by atoms with Crippen molar-refractivity contribution in [1.82, 2.24) is 24.3 Å². The highest BCUT2D eigenvalue weighted by Crippen LogP contribution is 2.43. The molecule has 1 saturated carbocycles. The maximum absolute atomic E-state index is 5.19. The Hall–Kier alpha value is -1.72. The Morgan fingerprint density at radius 1 is 1.11 bits per heavy atom. The number of likely N-dealkylation sites (tertiary alicyclic amines) is 1. The fourth-order valence-electron chi connectivity index (χ4n) is 5.24. The molecule has 1 aliphatic carbocycles. The minimum absolute atomic E-state index is 0.212. The van der Waals surface area contributed by atoms with E-state index in [-0.39, 0.29) is 5.41 Å². The lowest BCUT2D eigenvalue weighted by Crippen LogP contribution is -2.51. The second kappa shape index (κ2) is 6.96. The summed E-state index contributed by atoms with van der Waals surface area (Å²) in [6, 6.07) is 6.40. The zero-order chi connectivity index (χ0) is 19.3. The molecular formula is C23H33N5. The first-order chi connectivity index (χ1) is 13.5. The third-order valence-corrected chi connectivity index (χ3v) is 7.08. The average molecular weight is 380 g/mol.